The highest BCUT2D eigenvalue weighted by Crippen LogP contribution is 2.43. The standard InChI is InChI=1S/C45H48Cl2N8O6S/c1-45(2)11-9-32(39(24-45)30-3-5-33(46)6-4-30)27-54-15-17-55(18-16-54)34-7-8-38(41(22-34)61-35-21-31-10-13-49-42(31)50-25-35)43(56)52-62(57,58)37-23-40(47)44(51-26-37)60-29-36-28-53(14-12-48)19-20-59-36/h3-8,10,13,21-23,25-26,36H,9,11,14-20,24,27-29H2,1-2H3,(H,49,50)(H,52,56)/t36-/m0/s1. The van der Waals surface area contributed by atoms with Crippen molar-refractivity contribution < 1.29 is 27.4 Å². The average Bonchev–Trinajstić information content (AvgIpc) is 3.73. The number of rotatable bonds is 13. The third-order valence-electron chi connectivity index (χ3n) is 11.6. The second-order valence-electron chi connectivity index (χ2n) is 16.7. The Kier molecular flexibility index (Phi) is 13.1. The fraction of sp³-hybridized carbons (Fsp3) is 0.378. The largest absolute Gasteiger partial charge is 0.474 e. The minimum Gasteiger partial charge on any atom is -0.474 e. The van der Waals surface area contributed by atoms with E-state index in [1.807, 2.05) is 29.2 Å². The molecule has 14 nitrogen and oxygen atoms in total. The van der Waals surface area contributed by atoms with Crippen LogP contribution in [0.3, 0.4) is 0 Å². The second-order valence-corrected chi connectivity index (χ2v) is 19.2. The highest BCUT2D eigenvalue weighted by molar-refractivity contribution is 7.90. The molecule has 2 aliphatic heterocycles. The van der Waals surface area contributed by atoms with Crippen LogP contribution in [-0.4, -0.2) is 111 Å². The predicted octanol–water partition coefficient (Wildman–Crippen LogP) is 7.56. The number of halogens is 2. The maximum atomic E-state index is 13.9. The zero-order valence-electron chi connectivity index (χ0n) is 34.6. The number of nitrogens with zero attached hydrogens (tertiary/aromatic N) is 6. The van der Waals surface area contributed by atoms with Crippen molar-refractivity contribution in [3.8, 4) is 23.4 Å². The fourth-order valence-electron chi connectivity index (χ4n) is 8.17. The summed E-state index contributed by atoms with van der Waals surface area (Å²) in [4.78, 5) is 31.9. The number of H-pyrrole nitrogens is 1. The summed E-state index contributed by atoms with van der Waals surface area (Å²) in [6.07, 6.45) is 7.28. The van der Waals surface area contributed by atoms with Gasteiger partial charge in [0.2, 0.25) is 5.88 Å². The molecule has 0 radical (unpaired) electrons. The number of morpholine rings is 1. The molecule has 5 aromatic rings. The van der Waals surface area contributed by atoms with Crippen molar-refractivity contribution in [3.63, 3.8) is 0 Å². The Morgan fingerprint density at radius 2 is 1.82 bits per heavy atom. The van der Waals surface area contributed by atoms with Crippen molar-refractivity contribution in [2.24, 2.45) is 5.41 Å². The molecule has 3 aromatic heterocycles. The molecule has 17 heteroatoms. The van der Waals surface area contributed by atoms with Gasteiger partial charge in [-0.2, -0.15) is 5.26 Å². The van der Waals surface area contributed by atoms with Crippen LogP contribution < -0.4 is 19.1 Å². The topological polar surface area (TPSA) is 166 Å². The van der Waals surface area contributed by atoms with Crippen molar-refractivity contribution in [3.05, 3.63) is 106 Å². The molecule has 2 saturated heterocycles. The maximum absolute atomic E-state index is 13.9. The molecule has 62 heavy (non-hydrogen) atoms. The average molecular weight is 900 g/mol. The molecule has 5 heterocycles. The van der Waals surface area contributed by atoms with Gasteiger partial charge in [-0.05, 0) is 78.3 Å². The van der Waals surface area contributed by atoms with E-state index in [9.17, 15) is 13.2 Å². The number of benzene rings is 2. The van der Waals surface area contributed by atoms with Crippen LogP contribution in [0.15, 0.2) is 89.7 Å². The third kappa shape index (κ3) is 10.3. The minimum atomic E-state index is -4.45. The lowest BCUT2D eigenvalue weighted by atomic mass is 9.72. The van der Waals surface area contributed by atoms with E-state index in [0.29, 0.717) is 31.1 Å². The van der Waals surface area contributed by atoms with Crippen molar-refractivity contribution in [2.45, 2.75) is 44.1 Å². The van der Waals surface area contributed by atoms with Gasteiger partial charge < -0.3 is 24.1 Å². The van der Waals surface area contributed by atoms with Crippen LogP contribution in [0.5, 0.6) is 17.4 Å². The van der Waals surface area contributed by atoms with E-state index in [0.717, 1.165) is 74.3 Å². The second kappa shape index (κ2) is 18.6. The molecule has 8 rings (SSSR count). The van der Waals surface area contributed by atoms with Crippen molar-refractivity contribution in [1.29, 1.82) is 5.26 Å². The fourth-order valence-corrected chi connectivity index (χ4v) is 9.52. The Hall–Kier alpha value is -5.21. The lowest BCUT2D eigenvalue weighted by molar-refractivity contribution is -0.0448. The zero-order valence-corrected chi connectivity index (χ0v) is 36.9. The number of carbonyl (C=O) groups is 1. The number of anilines is 1. The number of fused-ring (bicyclic) bond motifs is 1. The monoisotopic (exact) mass is 898 g/mol. The Morgan fingerprint density at radius 3 is 2.60 bits per heavy atom. The molecule has 1 aliphatic carbocycles. The molecular formula is C45H48Cl2N8O6S. The van der Waals surface area contributed by atoms with Gasteiger partial charge >= 0.3 is 0 Å². The summed E-state index contributed by atoms with van der Waals surface area (Å²) in [5.74, 6) is -0.356. The molecule has 0 saturated carbocycles. The molecule has 2 aromatic carbocycles. The van der Waals surface area contributed by atoms with Crippen LogP contribution in [0.4, 0.5) is 5.69 Å². The summed E-state index contributed by atoms with van der Waals surface area (Å²) in [5.41, 5.74) is 5.88. The van der Waals surface area contributed by atoms with Gasteiger partial charge in [-0.15, -0.1) is 0 Å². The third-order valence-corrected chi connectivity index (χ3v) is 13.4. The summed E-state index contributed by atoms with van der Waals surface area (Å²) < 4.78 is 47.2. The molecule has 2 fully saturated rings. The lowest BCUT2D eigenvalue weighted by Gasteiger charge is -2.39. The number of aromatic nitrogens is 3. The van der Waals surface area contributed by atoms with Gasteiger partial charge in [-0.25, -0.2) is 23.1 Å². The highest BCUT2D eigenvalue weighted by atomic mass is 35.5. The number of amides is 1. The van der Waals surface area contributed by atoms with Gasteiger partial charge in [0.1, 0.15) is 39.8 Å². The first-order valence-corrected chi connectivity index (χ1v) is 22.8. The van der Waals surface area contributed by atoms with E-state index >= 15 is 0 Å². The van der Waals surface area contributed by atoms with Crippen LogP contribution in [0.2, 0.25) is 10.0 Å². The molecule has 1 atom stereocenters. The van der Waals surface area contributed by atoms with Gasteiger partial charge in [0, 0.05) is 74.2 Å². The SMILES string of the molecule is CC1(C)CCC(CN2CCN(c3ccc(C(=O)NS(=O)(=O)c4cnc(OC[C@@H]5CN(CC#N)CCO5)c(Cl)c4)c(Oc4cnc5[nH]ccc5c4)c3)CC2)=C(c2ccc(Cl)cc2)C1. The van der Waals surface area contributed by atoms with Crippen LogP contribution in [0, 0.1) is 16.7 Å². The molecule has 0 spiro atoms. The zero-order chi connectivity index (χ0) is 43.4. The van der Waals surface area contributed by atoms with Gasteiger partial charge in [0.25, 0.3) is 15.9 Å². The van der Waals surface area contributed by atoms with Gasteiger partial charge in [0.15, 0.2) is 0 Å². The number of sulfonamides is 1. The van der Waals surface area contributed by atoms with Crippen molar-refractivity contribution in [1.82, 2.24) is 29.5 Å². The van der Waals surface area contributed by atoms with E-state index in [-0.39, 0.29) is 51.8 Å². The summed E-state index contributed by atoms with van der Waals surface area (Å²) >= 11 is 12.7. The van der Waals surface area contributed by atoms with Gasteiger partial charge in [-0.3, -0.25) is 14.6 Å². The number of hydrogen-bond acceptors (Lipinski definition) is 12. The van der Waals surface area contributed by atoms with Gasteiger partial charge in [-0.1, -0.05) is 54.8 Å². The first-order valence-electron chi connectivity index (χ1n) is 20.6. The quantitative estimate of drug-likeness (QED) is 0.112. The van der Waals surface area contributed by atoms with E-state index < -0.39 is 15.9 Å². The first kappa shape index (κ1) is 43.4. The van der Waals surface area contributed by atoms with Crippen LogP contribution >= 0.6 is 23.2 Å². The Morgan fingerprint density at radius 1 is 1.02 bits per heavy atom. The smallest absolute Gasteiger partial charge is 0.268 e. The number of nitriles is 1. The molecule has 0 unspecified atom stereocenters. The number of nitrogens with one attached hydrogen (secondary N) is 2. The van der Waals surface area contributed by atoms with Crippen LogP contribution in [0.1, 0.15) is 49.0 Å². The summed E-state index contributed by atoms with van der Waals surface area (Å²) in [5, 5.41) is 10.5. The first-order chi connectivity index (χ1) is 29.8. The molecule has 2 N–H and O–H groups in total. The van der Waals surface area contributed by atoms with Crippen LogP contribution in [-0.2, 0) is 14.8 Å². The number of piperazine rings is 1. The normalized spacial score (nSPS) is 18.7. The van der Waals surface area contributed by atoms with E-state index in [2.05, 4.69) is 61.5 Å². The summed E-state index contributed by atoms with van der Waals surface area (Å²) in [6, 6.07) is 20.3. The van der Waals surface area contributed by atoms with E-state index in [1.54, 1.807) is 30.6 Å². The van der Waals surface area contributed by atoms with E-state index in [1.165, 1.54) is 22.8 Å². The number of carbonyl (C=O) groups excluding carboxylic acids is 1. The number of allylic oxidation sites excluding steroid dienone is 1. The van der Waals surface area contributed by atoms with Crippen LogP contribution in [0.25, 0.3) is 16.6 Å². The molecule has 1 amide bonds. The lowest BCUT2D eigenvalue weighted by Crippen LogP contribution is -2.47. The minimum absolute atomic E-state index is 0.00366. The maximum Gasteiger partial charge on any atom is 0.268 e. The van der Waals surface area contributed by atoms with Gasteiger partial charge in [0.05, 0.1) is 37.2 Å². The summed E-state index contributed by atoms with van der Waals surface area (Å²) in [6.45, 7) is 10.7. The Balaban J connectivity index is 0.971. The number of aromatic amines is 1. The predicted molar refractivity (Wildman–Crippen MR) is 238 cm³/mol. The molecular weight excluding hydrogens is 852 g/mol. The molecule has 3 aliphatic rings. The van der Waals surface area contributed by atoms with Crippen molar-refractivity contribution >= 4 is 61.4 Å². The van der Waals surface area contributed by atoms with Crippen molar-refractivity contribution in [2.75, 3.05) is 70.5 Å². The number of hydrogen-bond donors (Lipinski definition) is 2. The summed E-state index contributed by atoms with van der Waals surface area (Å²) in [7, 11) is -4.45. The molecule has 324 valence electrons. The Labute approximate surface area is 371 Å². The number of pyridine rings is 2. The highest BCUT2D eigenvalue weighted by Gasteiger charge is 2.30. The Bertz CT molecular complexity index is 2620. The van der Waals surface area contributed by atoms with E-state index in [4.69, 9.17) is 42.7 Å². The number of ether oxygens (including phenoxy) is 3. The molecule has 0 bridgehead atoms.